The zero-order valence-electron chi connectivity index (χ0n) is 20.7. The Morgan fingerprint density at radius 3 is 2.86 bits per heavy atom. The summed E-state index contributed by atoms with van der Waals surface area (Å²) in [5, 5.41) is 25.7. The molecule has 12 heteroatoms. The SMILES string of the molecule is N=C/C=C\Nc1cc(N[C@@H](CCN(CCCCc2ccc3c(n2)NCCC3)CC(F)F)C(=O)O)ncn1. The van der Waals surface area contributed by atoms with Crippen molar-refractivity contribution in [3.8, 4) is 0 Å². The molecule has 200 valence electrons. The number of carbonyl (C=O) groups is 1. The molecule has 0 unspecified atom stereocenters. The van der Waals surface area contributed by atoms with Gasteiger partial charge in [0.15, 0.2) is 0 Å². The van der Waals surface area contributed by atoms with Gasteiger partial charge in [0.05, 0.1) is 6.54 Å². The van der Waals surface area contributed by atoms with Crippen molar-refractivity contribution in [1.29, 1.82) is 5.41 Å². The average molecular weight is 517 g/mol. The lowest BCUT2D eigenvalue weighted by atomic mass is 10.1. The minimum atomic E-state index is -2.51. The first-order chi connectivity index (χ1) is 17.9. The number of unbranched alkanes of at least 4 members (excludes halogenated alkanes) is 1. The number of alkyl halides is 2. The molecule has 2 aromatic rings. The van der Waals surface area contributed by atoms with Crippen LogP contribution in [0.5, 0.6) is 0 Å². The maximum absolute atomic E-state index is 13.2. The number of fused-ring (bicyclic) bond motifs is 1. The quantitative estimate of drug-likeness (QED) is 0.167. The van der Waals surface area contributed by atoms with Crippen molar-refractivity contribution in [2.75, 3.05) is 42.1 Å². The molecule has 3 heterocycles. The molecule has 0 spiro atoms. The highest BCUT2D eigenvalue weighted by molar-refractivity contribution is 5.77. The molecule has 0 fully saturated rings. The predicted octanol–water partition coefficient (Wildman–Crippen LogP) is 3.65. The normalized spacial score (nSPS) is 13.8. The second-order valence-corrected chi connectivity index (χ2v) is 8.77. The smallest absolute Gasteiger partial charge is 0.326 e. The standard InChI is InChI=1S/C25H34F2N8O2/c26-21(27)16-35(13-2-1-6-19-8-7-18-5-3-11-30-24(18)33-19)14-9-20(25(36)37)34-23-15-22(31-17-32-23)29-12-4-10-28/h4,7-8,10,12,15,17,20-21,28H,1-3,5-6,9,11,13-14,16H2,(H,30,33)(H,36,37)(H2,29,31,32,34)/b12-4-,28-10?/t20-/m0/s1. The number of carboxylic acids is 1. The summed E-state index contributed by atoms with van der Waals surface area (Å²) in [6.07, 6.45) is 7.37. The summed E-state index contributed by atoms with van der Waals surface area (Å²) in [6, 6.07) is 4.66. The van der Waals surface area contributed by atoms with Crippen molar-refractivity contribution in [2.24, 2.45) is 0 Å². The molecule has 0 aromatic carbocycles. The number of hydrogen-bond acceptors (Lipinski definition) is 9. The largest absolute Gasteiger partial charge is 0.480 e. The van der Waals surface area contributed by atoms with E-state index in [1.54, 1.807) is 4.90 Å². The average Bonchev–Trinajstić information content (AvgIpc) is 2.88. The Morgan fingerprint density at radius 2 is 2.08 bits per heavy atom. The molecule has 3 rings (SSSR count). The van der Waals surface area contributed by atoms with E-state index < -0.39 is 25.0 Å². The van der Waals surface area contributed by atoms with Crippen molar-refractivity contribution >= 4 is 29.6 Å². The minimum absolute atomic E-state index is 0.126. The second kappa shape index (κ2) is 14.8. The molecule has 10 nitrogen and oxygen atoms in total. The van der Waals surface area contributed by atoms with E-state index in [0.29, 0.717) is 24.6 Å². The number of aliphatic carboxylic acids is 1. The van der Waals surface area contributed by atoms with Crippen LogP contribution in [0.4, 0.5) is 26.2 Å². The molecule has 0 saturated heterocycles. The van der Waals surface area contributed by atoms with Gasteiger partial charge < -0.3 is 26.5 Å². The fraction of sp³-hybridized carbons (Fsp3) is 0.480. The Kier molecular flexibility index (Phi) is 11.2. The van der Waals surface area contributed by atoms with E-state index in [0.717, 1.165) is 50.0 Å². The number of aromatic nitrogens is 3. The van der Waals surface area contributed by atoms with Crippen molar-refractivity contribution in [2.45, 2.75) is 51.0 Å². The number of nitrogens with zero attached hydrogens (tertiary/aromatic N) is 4. The van der Waals surface area contributed by atoms with Crippen LogP contribution in [0.25, 0.3) is 0 Å². The van der Waals surface area contributed by atoms with Gasteiger partial charge in [-0.15, -0.1) is 0 Å². The van der Waals surface area contributed by atoms with E-state index in [-0.39, 0.29) is 13.0 Å². The molecular weight excluding hydrogens is 482 g/mol. The molecule has 0 aliphatic carbocycles. The minimum Gasteiger partial charge on any atom is -0.480 e. The second-order valence-electron chi connectivity index (χ2n) is 8.77. The number of anilines is 3. The lowest BCUT2D eigenvalue weighted by Gasteiger charge is -2.24. The lowest BCUT2D eigenvalue weighted by Crippen LogP contribution is -2.37. The van der Waals surface area contributed by atoms with Gasteiger partial charge >= 0.3 is 5.97 Å². The van der Waals surface area contributed by atoms with Crippen LogP contribution in [0.2, 0.25) is 0 Å². The molecule has 1 aliphatic heterocycles. The highest BCUT2D eigenvalue weighted by Crippen LogP contribution is 2.20. The van der Waals surface area contributed by atoms with Gasteiger partial charge in [0.25, 0.3) is 6.43 Å². The maximum atomic E-state index is 13.2. The lowest BCUT2D eigenvalue weighted by molar-refractivity contribution is -0.138. The van der Waals surface area contributed by atoms with Crippen molar-refractivity contribution < 1.29 is 18.7 Å². The van der Waals surface area contributed by atoms with Gasteiger partial charge in [0.1, 0.15) is 29.8 Å². The summed E-state index contributed by atoms with van der Waals surface area (Å²) in [5.74, 6) is 0.564. The van der Waals surface area contributed by atoms with Gasteiger partial charge in [0, 0.05) is 37.3 Å². The van der Waals surface area contributed by atoms with Gasteiger partial charge in [-0.05, 0) is 62.8 Å². The van der Waals surface area contributed by atoms with Crippen molar-refractivity contribution in [3.05, 3.63) is 48.1 Å². The van der Waals surface area contributed by atoms with Crippen LogP contribution < -0.4 is 16.0 Å². The fourth-order valence-corrected chi connectivity index (χ4v) is 4.08. The van der Waals surface area contributed by atoms with E-state index >= 15 is 0 Å². The van der Waals surface area contributed by atoms with E-state index in [2.05, 4.69) is 37.0 Å². The van der Waals surface area contributed by atoms with Crippen LogP contribution in [0.15, 0.2) is 36.8 Å². The first kappa shape index (κ1) is 27.9. The molecule has 0 bridgehead atoms. The van der Waals surface area contributed by atoms with Crippen LogP contribution in [0.3, 0.4) is 0 Å². The number of rotatable bonds is 16. The summed E-state index contributed by atoms with van der Waals surface area (Å²) < 4.78 is 26.4. The molecule has 0 amide bonds. The predicted molar refractivity (Wildman–Crippen MR) is 140 cm³/mol. The number of hydrogen-bond donors (Lipinski definition) is 5. The van der Waals surface area contributed by atoms with Gasteiger partial charge in [-0.2, -0.15) is 0 Å². The number of nitrogens with one attached hydrogen (secondary N) is 4. The van der Waals surface area contributed by atoms with Crippen LogP contribution in [-0.4, -0.2) is 75.8 Å². The van der Waals surface area contributed by atoms with Crippen LogP contribution in [0, 0.1) is 5.41 Å². The highest BCUT2D eigenvalue weighted by atomic mass is 19.3. The fourth-order valence-electron chi connectivity index (χ4n) is 4.08. The Morgan fingerprint density at radius 1 is 1.24 bits per heavy atom. The number of carboxylic acid groups (broad SMARTS) is 1. The molecule has 0 radical (unpaired) electrons. The first-order valence-corrected chi connectivity index (χ1v) is 12.4. The van der Waals surface area contributed by atoms with Crippen molar-refractivity contribution in [3.63, 3.8) is 0 Å². The molecule has 37 heavy (non-hydrogen) atoms. The molecule has 1 atom stereocenters. The van der Waals surface area contributed by atoms with Crippen molar-refractivity contribution in [1.82, 2.24) is 19.9 Å². The zero-order valence-corrected chi connectivity index (χ0v) is 20.7. The molecule has 2 aromatic heterocycles. The third kappa shape index (κ3) is 9.71. The molecule has 1 aliphatic rings. The third-order valence-corrected chi connectivity index (χ3v) is 5.95. The Balaban J connectivity index is 1.49. The van der Waals surface area contributed by atoms with E-state index in [9.17, 15) is 18.7 Å². The third-order valence-electron chi connectivity index (χ3n) is 5.95. The Labute approximate surface area is 215 Å². The van der Waals surface area contributed by atoms with Gasteiger partial charge in [-0.1, -0.05) is 6.07 Å². The van der Waals surface area contributed by atoms with Gasteiger partial charge in [-0.3, -0.25) is 4.90 Å². The monoisotopic (exact) mass is 516 g/mol. The van der Waals surface area contributed by atoms with E-state index in [4.69, 9.17) is 5.41 Å². The molecule has 0 saturated carbocycles. The Hall–Kier alpha value is -3.67. The van der Waals surface area contributed by atoms with Crippen LogP contribution >= 0.6 is 0 Å². The summed E-state index contributed by atoms with van der Waals surface area (Å²) in [4.78, 5) is 26.2. The first-order valence-electron chi connectivity index (χ1n) is 12.4. The zero-order chi connectivity index (χ0) is 26.5. The van der Waals surface area contributed by atoms with Gasteiger partial charge in [0.2, 0.25) is 0 Å². The topological polar surface area (TPSA) is 139 Å². The van der Waals surface area contributed by atoms with Crippen LogP contribution in [-0.2, 0) is 17.6 Å². The van der Waals surface area contributed by atoms with Gasteiger partial charge in [-0.25, -0.2) is 28.5 Å². The maximum Gasteiger partial charge on any atom is 0.326 e. The molecular formula is C25H34F2N8O2. The van der Waals surface area contributed by atoms with E-state index in [1.807, 2.05) is 6.07 Å². The number of allylic oxidation sites excluding steroid dienone is 1. The summed E-state index contributed by atoms with van der Waals surface area (Å²) in [6.45, 7) is 1.17. The van der Waals surface area contributed by atoms with E-state index in [1.165, 1.54) is 30.2 Å². The van der Waals surface area contributed by atoms with Crippen LogP contribution in [0.1, 0.15) is 36.9 Å². The number of pyridine rings is 1. The number of halogens is 2. The summed E-state index contributed by atoms with van der Waals surface area (Å²) in [7, 11) is 0. The number of aryl methyl sites for hydroxylation is 2. The summed E-state index contributed by atoms with van der Waals surface area (Å²) in [5.41, 5.74) is 2.21. The highest BCUT2D eigenvalue weighted by Gasteiger charge is 2.21. The Bertz CT molecular complexity index is 1050. The summed E-state index contributed by atoms with van der Waals surface area (Å²) >= 11 is 0. The molecule has 5 N–H and O–H groups in total.